The second-order valence-corrected chi connectivity index (χ2v) is 11.6. The average Bonchev–Trinajstić information content (AvgIpc) is 3.81. The maximum absolute atomic E-state index is 6.37. The van der Waals surface area contributed by atoms with Crippen molar-refractivity contribution in [3.05, 3.63) is 161 Å². The Labute approximate surface area is 266 Å². The summed E-state index contributed by atoms with van der Waals surface area (Å²) in [6.45, 7) is 0. The Morgan fingerprint density at radius 2 is 1.37 bits per heavy atom. The van der Waals surface area contributed by atoms with Gasteiger partial charge in [-0.15, -0.1) is 0 Å². The van der Waals surface area contributed by atoms with E-state index in [9.17, 15) is 0 Å². The van der Waals surface area contributed by atoms with E-state index in [4.69, 9.17) is 19.7 Å². The first-order valence-electron chi connectivity index (χ1n) is 15.3. The van der Waals surface area contributed by atoms with Crippen LogP contribution in [0.5, 0.6) is 5.75 Å². The van der Waals surface area contributed by atoms with E-state index >= 15 is 0 Å². The highest BCUT2D eigenvalue weighted by atomic mass is 16.5. The molecule has 0 fully saturated rings. The zero-order chi connectivity index (χ0) is 30.6. The maximum atomic E-state index is 6.37. The Balaban J connectivity index is 1.00. The van der Waals surface area contributed by atoms with Crippen LogP contribution < -0.4 is 4.74 Å². The first kappa shape index (κ1) is 26.3. The number of ether oxygens (including phenoxy) is 1. The maximum Gasteiger partial charge on any atom is 0.218 e. The lowest BCUT2D eigenvalue weighted by molar-refractivity contribution is 0.290. The van der Waals surface area contributed by atoms with Gasteiger partial charge in [-0.25, -0.2) is 15.0 Å². The third kappa shape index (κ3) is 4.36. The molecule has 220 valence electrons. The molecule has 9 rings (SSSR count). The molecule has 4 heterocycles. The molecular formula is C39H28N6O. The van der Waals surface area contributed by atoms with Gasteiger partial charge in [0.1, 0.15) is 23.4 Å². The molecule has 1 N–H and O–H groups in total. The zero-order valence-electron chi connectivity index (χ0n) is 25.0. The van der Waals surface area contributed by atoms with Crippen molar-refractivity contribution in [2.45, 2.75) is 12.4 Å². The van der Waals surface area contributed by atoms with E-state index in [0.29, 0.717) is 0 Å². The van der Waals surface area contributed by atoms with Crippen molar-refractivity contribution in [3.8, 4) is 17.0 Å². The molecule has 7 nitrogen and oxygen atoms in total. The van der Waals surface area contributed by atoms with Gasteiger partial charge in [-0.1, -0.05) is 121 Å². The number of H-pyrrole nitrogens is 1. The molecule has 0 saturated heterocycles. The van der Waals surface area contributed by atoms with Crippen LogP contribution in [0.1, 0.15) is 34.1 Å². The number of nitrogens with one attached hydrogen (secondary N) is 1. The summed E-state index contributed by atoms with van der Waals surface area (Å²) in [7, 11) is 2.05. The van der Waals surface area contributed by atoms with E-state index < -0.39 is 6.23 Å². The quantitative estimate of drug-likeness (QED) is 0.222. The Kier molecular flexibility index (Phi) is 6.03. The number of allylic oxidation sites excluding steroid dienone is 1. The lowest BCUT2D eigenvalue weighted by atomic mass is 10.0. The second kappa shape index (κ2) is 10.5. The van der Waals surface area contributed by atoms with Gasteiger partial charge in [0.15, 0.2) is 11.6 Å². The summed E-state index contributed by atoms with van der Waals surface area (Å²) < 4.78 is 6.37. The number of aliphatic imine (C=N–C) groups is 3. The summed E-state index contributed by atoms with van der Waals surface area (Å²) in [5.41, 5.74) is 8.73. The number of aromatic nitrogens is 2. The lowest BCUT2D eigenvalue weighted by Gasteiger charge is -2.32. The normalized spacial score (nSPS) is 18.3. The number of amidine groups is 2. The lowest BCUT2D eigenvalue weighted by Crippen LogP contribution is -2.35. The fourth-order valence-corrected chi connectivity index (χ4v) is 6.41. The highest BCUT2D eigenvalue weighted by Gasteiger charge is 2.37. The highest BCUT2D eigenvalue weighted by Crippen LogP contribution is 2.45. The molecular weight excluding hydrogens is 568 g/mol. The predicted molar refractivity (Wildman–Crippen MR) is 183 cm³/mol. The van der Waals surface area contributed by atoms with E-state index in [2.05, 4.69) is 112 Å². The number of hydrogen-bond acceptors (Lipinski definition) is 6. The Morgan fingerprint density at radius 3 is 2.15 bits per heavy atom. The van der Waals surface area contributed by atoms with Gasteiger partial charge in [-0.05, 0) is 34.0 Å². The molecule has 2 atom stereocenters. The zero-order valence-corrected chi connectivity index (χ0v) is 25.0. The number of benzene rings is 5. The van der Waals surface area contributed by atoms with Gasteiger partial charge in [0.05, 0.1) is 5.71 Å². The Hall–Kier alpha value is -6.08. The minimum atomic E-state index is -0.395. The monoisotopic (exact) mass is 596 g/mol. The fourth-order valence-electron chi connectivity index (χ4n) is 6.41. The van der Waals surface area contributed by atoms with E-state index in [1.54, 1.807) is 0 Å². The summed E-state index contributed by atoms with van der Waals surface area (Å²) >= 11 is 0. The van der Waals surface area contributed by atoms with Crippen molar-refractivity contribution in [3.63, 3.8) is 0 Å². The number of aromatic amines is 1. The Bertz CT molecular complexity index is 2250. The molecule has 3 aliphatic rings. The van der Waals surface area contributed by atoms with Crippen LogP contribution in [0.15, 0.2) is 148 Å². The van der Waals surface area contributed by atoms with Crippen molar-refractivity contribution in [2.24, 2.45) is 15.0 Å². The van der Waals surface area contributed by atoms with Crippen molar-refractivity contribution in [1.29, 1.82) is 0 Å². The third-order valence-electron chi connectivity index (χ3n) is 8.80. The first-order chi connectivity index (χ1) is 22.7. The van der Waals surface area contributed by atoms with Crippen LogP contribution >= 0.6 is 0 Å². The smallest absolute Gasteiger partial charge is 0.218 e. The third-order valence-corrected chi connectivity index (χ3v) is 8.80. The fraction of sp³-hybridized carbons (Fsp3) is 0.0769. The number of hydrogen-bond donors (Lipinski definition) is 1. The van der Waals surface area contributed by atoms with Crippen molar-refractivity contribution in [2.75, 3.05) is 7.05 Å². The van der Waals surface area contributed by atoms with E-state index in [1.807, 2.05) is 43.4 Å². The van der Waals surface area contributed by atoms with Crippen molar-refractivity contribution < 1.29 is 4.74 Å². The number of fused-ring (bicyclic) bond motifs is 4. The SMILES string of the molecule is CN1C(c2ccccc2)=NC(c2ccccc2)=NC1c1ccc(C2=NC3Oc4c(n[nH]c4-c4ccc5ccccc5c4)C3=C2)cc1. The van der Waals surface area contributed by atoms with Gasteiger partial charge >= 0.3 is 0 Å². The summed E-state index contributed by atoms with van der Waals surface area (Å²) in [6, 6.07) is 43.6. The predicted octanol–water partition coefficient (Wildman–Crippen LogP) is 7.67. The standard InChI is InChI=1S/C39H28N6O/c1-45-37(27-13-6-3-7-14-27)41-36(26-11-4-2-5-12-26)42-38(45)28-19-17-25(18-20-28)32-23-31-34-35(46-39(31)40-32)33(43-44-34)30-21-16-24-10-8-9-15-29(24)22-30/h2-23,38-39H,1H3,(H,43,44). The van der Waals surface area contributed by atoms with Crippen LogP contribution in [-0.4, -0.2) is 45.8 Å². The van der Waals surface area contributed by atoms with Crippen LogP contribution in [0.25, 0.3) is 27.6 Å². The summed E-state index contributed by atoms with van der Waals surface area (Å²) in [5, 5.41) is 10.2. The molecule has 5 aromatic carbocycles. The van der Waals surface area contributed by atoms with Crippen LogP contribution in [0.2, 0.25) is 0 Å². The minimum absolute atomic E-state index is 0.233. The minimum Gasteiger partial charge on any atom is -0.460 e. The summed E-state index contributed by atoms with van der Waals surface area (Å²) in [6.07, 6.45) is 1.46. The largest absolute Gasteiger partial charge is 0.460 e. The summed E-state index contributed by atoms with van der Waals surface area (Å²) in [4.78, 5) is 17.2. The highest BCUT2D eigenvalue weighted by molar-refractivity contribution is 6.16. The molecule has 0 bridgehead atoms. The average molecular weight is 597 g/mol. The van der Waals surface area contributed by atoms with Gasteiger partial charge in [-0.3, -0.25) is 5.10 Å². The van der Waals surface area contributed by atoms with Gasteiger partial charge in [0.2, 0.25) is 6.23 Å². The molecule has 6 aromatic rings. The van der Waals surface area contributed by atoms with Crippen LogP contribution in [-0.2, 0) is 0 Å². The second-order valence-electron chi connectivity index (χ2n) is 11.6. The molecule has 3 aliphatic heterocycles. The topological polar surface area (TPSA) is 78.2 Å². The van der Waals surface area contributed by atoms with Crippen molar-refractivity contribution >= 4 is 33.7 Å². The first-order valence-corrected chi connectivity index (χ1v) is 15.3. The van der Waals surface area contributed by atoms with Crippen LogP contribution in [0, 0.1) is 0 Å². The molecule has 2 unspecified atom stereocenters. The molecule has 1 aromatic heterocycles. The van der Waals surface area contributed by atoms with E-state index in [0.717, 1.165) is 67.9 Å². The number of nitrogens with zero attached hydrogens (tertiary/aromatic N) is 5. The van der Waals surface area contributed by atoms with Crippen molar-refractivity contribution in [1.82, 2.24) is 15.1 Å². The van der Waals surface area contributed by atoms with E-state index in [1.165, 1.54) is 10.8 Å². The molecule has 7 heteroatoms. The van der Waals surface area contributed by atoms with Crippen LogP contribution in [0.3, 0.4) is 0 Å². The molecule has 0 aliphatic carbocycles. The molecule has 0 saturated carbocycles. The Morgan fingerprint density at radius 1 is 0.674 bits per heavy atom. The molecule has 46 heavy (non-hydrogen) atoms. The molecule has 0 amide bonds. The number of rotatable bonds is 5. The molecule has 0 spiro atoms. The van der Waals surface area contributed by atoms with Crippen LogP contribution in [0.4, 0.5) is 0 Å². The van der Waals surface area contributed by atoms with Gasteiger partial charge in [0.25, 0.3) is 0 Å². The van der Waals surface area contributed by atoms with Gasteiger partial charge < -0.3 is 9.64 Å². The summed E-state index contributed by atoms with van der Waals surface area (Å²) in [5.74, 6) is 2.36. The van der Waals surface area contributed by atoms with E-state index in [-0.39, 0.29) is 6.17 Å². The van der Waals surface area contributed by atoms with Gasteiger partial charge in [-0.2, -0.15) is 5.10 Å². The van der Waals surface area contributed by atoms with Gasteiger partial charge in [0, 0.05) is 29.3 Å². The molecule has 0 radical (unpaired) electrons.